The zero-order chi connectivity index (χ0) is 24.3. The van der Waals surface area contributed by atoms with E-state index in [-0.39, 0.29) is 5.91 Å². The summed E-state index contributed by atoms with van der Waals surface area (Å²) in [5, 5.41) is 9.25. The molecule has 4 heterocycles. The zero-order valence-electron chi connectivity index (χ0n) is 19.7. The molecule has 10 nitrogen and oxygen atoms in total. The highest BCUT2D eigenvalue weighted by Gasteiger charge is 2.36. The number of aromatic nitrogens is 4. The molecule has 1 aliphatic heterocycles. The van der Waals surface area contributed by atoms with E-state index in [1.165, 1.54) is 0 Å². The summed E-state index contributed by atoms with van der Waals surface area (Å²) in [6.07, 6.45) is 6.44. The van der Waals surface area contributed by atoms with E-state index in [2.05, 4.69) is 25.7 Å². The third-order valence-electron chi connectivity index (χ3n) is 5.89. The van der Waals surface area contributed by atoms with Gasteiger partial charge in [0.15, 0.2) is 5.75 Å². The molecule has 1 saturated heterocycles. The topological polar surface area (TPSA) is 120 Å². The van der Waals surface area contributed by atoms with E-state index in [0.717, 1.165) is 16.8 Å². The number of carbonyl (C=O) groups is 2. The van der Waals surface area contributed by atoms with Crippen molar-refractivity contribution >= 4 is 17.8 Å². The Hall–Kier alpha value is -3.79. The predicted molar refractivity (Wildman–Crippen MR) is 126 cm³/mol. The number of imide groups is 1. The monoisotopic (exact) mass is 464 g/mol. The highest BCUT2D eigenvalue weighted by molar-refractivity contribution is 6.02. The maximum absolute atomic E-state index is 12.6. The second kappa shape index (κ2) is 9.60. The van der Waals surface area contributed by atoms with Crippen molar-refractivity contribution in [2.75, 3.05) is 18.5 Å². The number of hydrogen-bond donors (Lipinski definition) is 2. The smallest absolute Gasteiger partial charge is 0.327 e. The first kappa shape index (κ1) is 23.4. The van der Waals surface area contributed by atoms with Gasteiger partial charge in [-0.2, -0.15) is 5.10 Å². The average molecular weight is 465 g/mol. The van der Waals surface area contributed by atoms with Crippen molar-refractivity contribution in [1.29, 1.82) is 0 Å². The molecule has 3 aromatic rings. The molecule has 1 fully saturated rings. The number of nitrogens with one attached hydrogen (secondary N) is 2. The fraction of sp³-hybridized carbons (Fsp3) is 0.375. The van der Waals surface area contributed by atoms with Gasteiger partial charge in [0.1, 0.15) is 11.6 Å². The minimum Gasteiger partial charge on any atom is -0.455 e. The Kier molecular flexibility index (Phi) is 6.60. The van der Waals surface area contributed by atoms with Gasteiger partial charge in [0.2, 0.25) is 5.91 Å². The second-order valence-corrected chi connectivity index (χ2v) is 8.70. The van der Waals surface area contributed by atoms with Crippen molar-refractivity contribution in [3.8, 4) is 22.8 Å². The number of amides is 3. The van der Waals surface area contributed by atoms with Crippen LogP contribution >= 0.6 is 0 Å². The van der Waals surface area contributed by atoms with Gasteiger partial charge >= 0.3 is 6.03 Å². The first-order valence-electron chi connectivity index (χ1n) is 11.0. The third kappa shape index (κ3) is 5.23. The maximum Gasteiger partial charge on any atom is 0.327 e. The molecular formula is C24H28N6O4. The number of carbonyl (C=O) groups excluding carboxylic acids is 2. The number of pyridine rings is 2. The Bertz CT molecular complexity index is 1190. The SMILES string of the molecule is Cc1cc(NC(=O)NC(=O)C2(C)CCOCC2)nc(C)c1Oc1ccnc(-c2cnn(C)c2)c1. The standard InChI is InChI=1S/C24H28N6O4/c1-15-11-20(28-23(32)29-22(31)24(3)6-9-33-10-7-24)27-16(2)21(15)34-18-5-8-25-19(12-18)17-13-26-30(4)14-17/h5,8,11-14H,6-7,9-10H2,1-4H3,(H2,27,28,29,31,32). The van der Waals surface area contributed by atoms with Gasteiger partial charge in [-0.05, 0) is 44.4 Å². The highest BCUT2D eigenvalue weighted by Crippen LogP contribution is 2.32. The molecule has 10 heteroatoms. The lowest BCUT2D eigenvalue weighted by Crippen LogP contribution is -2.46. The van der Waals surface area contributed by atoms with Gasteiger partial charge < -0.3 is 9.47 Å². The third-order valence-corrected chi connectivity index (χ3v) is 5.89. The minimum absolute atomic E-state index is 0.316. The van der Waals surface area contributed by atoms with Crippen molar-refractivity contribution in [1.82, 2.24) is 25.1 Å². The van der Waals surface area contributed by atoms with E-state index in [1.54, 1.807) is 36.1 Å². The molecule has 3 amide bonds. The van der Waals surface area contributed by atoms with Crippen molar-refractivity contribution in [2.45, 2.75) is 33.6 Å². The molecule has 0 bridgehead atoms. The minimum atomic E-state index is -0.619. The maximum atomic E-state index is 12.6. The molecule has 2 N–H and O–H groups in total. The van der Waals surface area contributed by atoms with E-state index in [1.807, 2.05) is 33.2 Å². The number of hydrogen-bond acceptors (Lipinski definition) is 7. The lowest BCUT2D eigenvalue weighted by atomic mass is 9.81. The molecule has 0 saturated carbocycles. The van der Waals surface area contributed by atoms with Crippen LogP contribution in [0.25, 0.3) is 11.3 Å². The summed E-state index contributed by atoms with van der Waals surface area (Å²) in [5.74, 6) is 1.20. The van der Waals surface area contributed by atoms with Crippen LogP contribution in [0, 0.1) is 19.3 Å². The first-order valence-corrected chi connectivity index (χ1v) is 11.0. The fourth-order valence-corrected chi connectivity index (χ4v) is 3.79. The number of urea groups is 1. The zero-order valence-corrected chi connectivity index (χ0v) is 19.7. The lowest BCUT2D eigenvalue weighted by Gasteiger charge is -2.31. The number of anilines is 1. The molecular weight excluding hydrogens is 436 g/mol. The van der Waals surface area contributed by atoms with E-state index in [9.17, 15) is 9.59 Å². The number of rotatable bonds is 5. The van der Waals surface area contributed by atoms with Crippen molar-refractivity contribution < 1.29 is 19.1 Å². The van der Waals surface area contributed by atoms with Gasteiger partial charge in [-0.1, -0.05) is 6.92 Å². The quantitative estimate of drug-likeness (QED) is 0.590. The van der Waals surface area contributed by atoms with Gasteiger partial charge in [0.25, 0.3) is 0 Å². The predicted octanol–water partition coefficient (Wildman–Crippen LogP) is 3.75. The Morgan fingerprint density at radius 2 is 1.97 bits per heavy atom. The van der Waals surface area contributed by atoms with E-state index < -0.39 is 11.4 Å². The number of ether oxygens (including phenoxy) is 2. The van der Waals surface area contributed by atoms with Gasteiger partial charge in [-0.15, -0.1) is 0 Å². The average Bonchev–Trinajstić information content (AvgIpc) is 3.23. The molecule has 34 heavy (non-hydrogen) atoms. The second-order valence-electron chi connectivity index (χ2n) is 8.70. The fourth-order valence-electron chi connectivity index (χ4n) is 3.79. The van der Waals surface area contributed by atoms with Gasteiger partial charge in [-0.25, -0.2) is 9.78 Å². The Balaban J connectivity index is 1.44. The molecule has 0 aromatic carbocycles. The van der Waals surface area contributed by atoms with E-state index in [0.29, 0.717) is 49.1 Å². The highest BCUT2D eigenvalue weighted by atomic mass is 16.5. The summed E-state index contributed by atoms with van der Waals surface area (Å²) in [4.78, 5) is 33.8. The summed E-state index contributed by atoms with van der Waals surface area (Å²) < 4.78 is 13.1. The van der Waals surface area contributed by atoms with E-state index >= 15 is 0 Å². The normalized spacial score (nSPS) is 14.9. The lowest BCUT2D eigenvalue weighted by molar-refractivity contribution is -0.133. The molecule has 0 aliphatic carbocycles. The molecule has 4 rings (SSSR count). The van der Waals surface area contributed by atoms with Crippen LogP contribution in [0.2, 0.25) is 0 Å². The van der Waals surface area contributed by atoms with Gasteiger partial charge in [0.05, 0.1) is 23.0 Å². The Morgan fingerprint density at radius 3 is 2.65 bits per heavy atom. The molecule has 0 atom stereocenters. The molecule has 178 valence electrons. The van der Waals surface area contributed by atoms with Crippen LogP contribution in [-0.4, -0.2) is 44.9 Å². The Labute approximate surface area is 197 Å². The first-order chi connectivity index (χ1) is 16.2. The summed E-state index contributed by atoms with van der Waals surface area (Å²) in [7, 11) is 1.85. The molecule has 1 aliphatic rings. The summed E-state index contributed by atoms with van der Waals surface area (Å²) >= 11 is 0. The number of nitrogens with zero attached hydrogens (tertiary/aromatic N) is 4. The summed E-state index contributed by atoms with van der Waals surface area (Å²) in [5.41, 5.74) is 2.38. The van der Waals surface area contributed by atoms with Gasteiger partial charge in [-0.3, -0.25) is 25.1 Å². The van der Waals surface area contributed by atoms with Crippen LogP contribution in [0.4, 0.5) is 10.6 Å². The molecule has 0 unspecified atom stereocenters. The van der Waals surface area contributed by atoms with Crippen LogP contribution in [0.5, 0.6) is 11.5 Å². The van der Waals surface area contributed by atoms with Crippen molar-refractivity contribution in [3.63, 3.8) is 0 Å². The summed E-state index contributed by atoms with van der Waals surface area (Å²) in [6, 6.07) is 4.68. The molecule has 3 aromatic heterocycles. The molecule has 0 radical (unpaired) electrons. The van der Waals surface area contributed by atoms with Gasteiger partial charge in [0, 0.05) is 44.3 Å². The largest absolute Gasteiger partial charge is 0.455 e. The van der Waals surface area contributed by atoms with Crippen LogP contribution in [0.1, 0.15) is 31.0 Å². The van der Waals surface area contributed by atoms with Crippen LogP contribution < -0.4 is 15.4 Å². The molecule has 0 spiro atoms. The van der Waals surface area contributed by atoms with E-state index in [4.69, 9.17) is 9.47 Å². The number of aryl methyl sites for hydroxylation is 3. The van der Waals surface area contributed by atoms with Crippen LogP contribution in [-0.2, 0) is 16.6 Å². The summed E-state index contributed by atoms with van der Waals surface area (Å²) in [6.45, 7) is 6.52. The van der Waals surface area contributed by atoms with Crippen molar-refractivity contribution in [2.24, 2.45) is 12.5 Å². The van der Waals surface area contributed by atoms with Crippen LogP contribution in [0.15, 0.2) is 36.8 Å². The van der Waals surface area contributed by atoms with Crippen LogP contribution in [0.3, 0.4) is 0 Å². The Morgan fingerprint density at radius 1 is 1.21 bits per heavy atom. The van der Waals surface area contributed by atoms with Crippen molar-refractivity contribution in [3.05, 3.63) is 48.0 Å².